The Morgan fingerprint density at radius 2 is 2.00 bits per heavy atom. The van der Waals surface area contributed by atoms with Crippen molar-refractivity contribution in [1.29, 1.82) is 0 Å². The number of carbonyl (C=O) groups excluding carboxylic acids is 1. The summed E-state index contributed by atoms with van der Waals surface area (Å²) in [4.78, 5) is 20.9. The standard InChI is InChI=1S/C19H16F3N5O/c20-19(21,22)13-3-1-12(2-4-13)18-15-10-27(8-7-16(15)25-26-18)17(28)6-5-14-9-23-11-24-14/h1-6,9,11H,7-8,10H2,(H,23,24)(H,25,26)/b6-5+. The minimum Gasteiger partial charge on any atom is -0.345 e. The van der Waals surface area contributed by atoms with Gasteiger partial charge in [-0.2, -0.15) is 18.3 Å². The van der Waals surface area contributed by atoms with Gasteiger partial charge < -0.3 is 9.88 Å². The SMILES string of the molecule is O=C(/C=C/c1cnc[nH]1)N1CCc2[nH]nc(-c3ccc(C(F)(F)F)cc3)c2C1. The molecule has 2 aromatic heterocycles. The number of rotatable bonds is 3. The van der Waals surface area contributed by atoms with Crippen LogP contribution in [-0.2, 0) is 23.9 Å². The third-order valence-corrected chi connectivity index (χ3v) is 4.66. The van der Waals surface area contributed by atoms with Crippen molar-refractivity contribution in [2.24, 2.45) is 0 Å². The summed E-state index contributed by atoms with van der Waals surface area (Å²) < 4.78 is 38.3. The van der Waals surface area contributed by atoms with Gasteiger partial charge in [-0.05, 0) is 18.2 Å². The molecule has 6 nitrogen and oxygen atoms in total. The molecule has 1 amide bonds. The second kappa shape index (κ2) is 6.99. The molecule has 28 heavy (non-hydrogen) atoms. The predicted octanol–water partition coefficient (Wildman–Crippen LogP) is 3.42. The van der Waals surface area contributed by atoms with Crippen molar-refractivity contribution in [2.45, 2.75) is 19.1 Å². The van der Waals surface area contributed by atoms with Crippen molar-refractivity contribution >= 4 is 12.0 Å². The molecule has 0 radical (unpaired) electrons. The number of benzene rings is 1. The quantitative estimate of drug-likeness (QED) is 0.676. The predicted molar refractivity (Wildman–Crippen MR) is 95.8 cm³/mol. The minimum absolute atomic E-state index is 0.153. The minimum atomic E-state index is -4.38. The normalized spacial score (nSPS) is 14.5. The number of nitrogens with one attached hydrogen (secondary N) is 2. The molecule has 1 aromatic carbocycles. The summed E-state index contributed by atoms with van der Waals surface area (Å²) in [5.74, 6) is -0.153. The summed E-state index contributed by atoms with van der Waals surface area (Å²) >= 11 is 0. The van der Waals surface area contributed by atoms with Gasteiger partial charge in [0, 0.05) is 42.4 Å². The molecule has 1 aliphatic heterocycles. The van der Waals surface area contributed by atoms with Crippen molar-refractivity contribution in [1.82, 2.24) is 25.1 Å². The maximum Gasteiger partial charge on any atom is 0.416 e. The molecule has 9 heteroatoms. The fourth-order valence-corrected chi connectivity index (χ4v) is 3.16. The Hall–Kier alpha value is -3.36. The highest BCUT2D eigenvalue weighted by molar-refractivity contribution is 5.91. The maximum absolute atomic E-state index is 12.8. The van der Waals surface area contributed by atoms with Gasteiger partial charge in [0.25, 0.3) is 0 Å². The van der Waals surface area contributed by atoms with Crippen LogP contribution < -0.4 is 0 Å². The smallest absolute Gasteiger partial charge is 0.345 e. The van der Waals surface area contributed by atoms with E-state index in [1.807, 2.05) is 0 Å². The molecular weight excluding hydrogens is 371 g/mol. The summed E-state index contributed by atoms with van der Waals surface area (Å²) in [5, 5.41) is 7.21. The number of aromatic nitrogens is 4. The van der Waals surface area contributed by atoms with Crippen molar-refractivity contribution in [3.8, 4) is 11.3 Å². The number of nitrogens with zero attached hydrogens (tertiary/aromatic N) is 3. The summed E-state index contributed by atoms with van der Waals surface area (Å²) in [6.07, 6.45) is 2.48. The lowest BCUT2D eigenvalue weighted by Crippen LogP contribution is -2.34. The topological polar surface area (TPSA) is 77.7 Å². The van der Waals surface area contributed by atoms with E-state index in [0.717, 1.165) is 29.1 Å². The largest absolute Gasteiger partial charge is 0.416 e. The number of imidazole rings is 1. The molecule has 4 rings (SSSR count). The fourth-order valence-electron chi connectivity index (χ4n) is 3.16. The Labute approximate surface area is 158 Å². The van der Waals surface area contributed by atoms with E-state index in [-0.39, 0.29) is 5.91 Å². The third kappa shape index (κ3) is 3.55. The Bertz CT molecular complexity index is 1000. The molecule has 0 spiro atoms. The van der Waals surface area contributed by atoms with Crippen LogP contribution in [0, 0.1) is 0 Å². The van der Waals surface area contributed by atoms with E-state index in [0.29, 0.717) is 30.8 Å². The second-order valence-corrected chi connectivity index (χ2v) is 6.45. The van der Waals surface area contributed by atoms with Crippen LogP contribution in [-0.4, -0.2) is 37.5 Å². The molecule has 0 unspecified atom stereocenters. The van der Waals surface area contributed by atoms with Gasteiger partial charge in [0.1, 0.15) is 0 Å². The molecule has 0 aliphatic carbocycles. The van der Waals surface area contributed by atoms with Gasteiger partial charge in [0.15, 0.2) is 0 Å². The van der Waals surface area contributed by atoms with E-state index in [1.165, 1.54) is 24.5 Å². The second-order valence-electron chi connectivity index (χ2n) is 6.45. The number of fused-ring (bicyclic) bond motifs is 1. The molecule has 2 N–H and O–H groups in total. The lowest BCUT2D eigenvalue weighted by atomic mass is 10.00. The number of aromatic amines is 2. The van der Waals surface area contributed by atoms with Gasteiger partial charge in [0.2, 0.25) is 5.91 Å². The number of carbonyl (C=O) groups is 1. The lowest BCUT2D eigenvalue weighted by Gasteiger charge is -2.26. The number of hydrogen-bond donors (Lipinski definition) is 2. The summed E-state index contributed by atoms with van der Waals surface area (Å²) in [6, 6.07) is 4.88. The average Bonchev–Trinajstić information content (AvgIpc) is 3.34. The van der Waals surface area contributed by atoms with E-state index in [4.69, 9.17) is 0 Å². The van der Waals surface area contributed by atoms with E-state index in [2.05, 4.69) is 20.2 Å². The Balaban J connectivity index is 1.54. The first-order valence-electron chi connectivity index (χ1n) is 8.61. The molecule has 0 atom stereocenters. The monoisotopic (exact) mass is 387 g/mol. The highest BCUT2D eigenvalue weighted by Gasteiger charge is 2.30. The van der Waals surface area contributed by atoms with Crippen LogP contribution in [0.1, 0.15) is 22.5 Å². The molecule has 1 aliphatic rings. The summed E-state index contributed by atoms with van der Waals surface area (Å²) in [5.41, 5.74) is 2.89. The Morgan fingerprint density at radius 1 is 1.21 bits per heavy atom. The van der Waals surface area contributed by atoms with Gasteiger partial charge in [-0.1, -0.05) is 12.1 Å². The summed E-state index contributed by atoms with van der Waals surface area (Å²) in [6.45, 7) is 0.877. The first kappa shape index (κ1) is 18.0. The number of H-pyrrole nitrogens is 2. The average molecular weight is 387 g/mol. The summed E-state index contributed by atoms with van der Waals surface area (Å²) in [7, 11) is 0. The van der Waals surface area contributed by atoms with Crippen LogP contribution >= 0.6 is 0 Å². The lowest BCUT2D eigenvalue weighted by molar-refractivity contribution is -0.137. The van der Waals surface area contributed by atoms with E-state index in [9.17, 15) is 18.0 Å². The van der Waals surface area contributed by atoms with E-state index < -0.39 is 11.7 Å². The first-order chi connectivity index (χ1) is 13.4. The first-order valence-corrected chi connectivity index (χ1v) is 8.61. The molecule has 0 saturated heterocycles. The van der Waals surface area contributed by atoms with Crippen molar-refractivity contribution < 1.29 is 18.0 Å². The van der Waals surface area contributed by atoms with Gasteiger partial charge in [-0.25, -0.2) is 4.98 Å². The van der Waals surface area contributed by atoms with Gasteiger partial charge in [-0.15, -0.1) is 0 Å². The fraction of sp³-hybridized carbons (Fsp3) is 0.211. The van der Waals surface area contributed by atoms with Crippen LogP contribution in [0.5, 0.6) is 0 Å². The van der Waals surface area contributed by atoms with Crippen LogP contribution in [0.3, 0.4) is 0 Å². The van der Waals surface area contributed by atoms with Crippen LogP contribution in [0.15, 0.2) is 42.9 Å². The van der Waals surface area contributed by atoms with Crippen molar-refractivity contribution in [3.05, 3.63) is 65.4 Å². The number of amides is 1. The molecular formula is C19H16F3N5O. The van der Waals surface area contributed by atoms with Crippen molar-refractivity contribution in [2.75, 3.05) is 6.54 Å². The van der Waals surface area contributed by atoms with E-state index in [1.54, 1.807) is 17.2 Å². The van der Waals surface area contributed by atoms with Gasteiger partial charge in [0.05, 0.1) is 29.5 Å². The number of halogens is 3. The molecule has 144 valence electrons. The molecule has 3 heterocycles. The molecule has 3 aromatic rings. The zero-order valence-electron chi connectivity index (χ0n) is 14.6. The zero-order valence-corrected chi connectivity index (χ0v) is 14.6. The third-order valence-electron chi connectivity index (χ3n) is 4.66. The van der Waals surface area contributed by atoms with Gasteiger partial charge in [-0.3, -0.25) is 9.89 Å². The molecule has 0 bridgehead atoms. The molecule has 0 saturated carbocycles. The molecule has 0 fully saturated rings. The van der Waals surface area contributed by atoms with Crippen LogP contribution in [0.4, 0.5) is 13.2 Å². The Morgan fingerprint density at radius 3 is 2.68 bits per heavy atom. The van der Waals surface area contributed by atoms with Gasteiger partial charge >= 0.3 is 6.18 Å². The van der Waals surface area contributed by atoms with E-state index >= 15 is 0 Å². The highest BCUT2D eigenvalue weighted by atomic mass is 19.4. The number of alkyl halides is 3. The Kier molecular flexibility index (Phi) is 4.50. The maximum atomic E-state index is 12.8. The van der Waals surface area contributed by atoms with Crippen molar-refractivity contribution in [3.63, 3.8) is 0 Å². The van der Waals surface area contributed by atoms with Crippen LogP contribution in [0.2, 0.25) is 0 Å². The number of hydrogen-bond acceptors (Lipinski definition) is 3. The zero-order chi connectivity index (χ0) is 19.7. The highest BCUT2D eigenvalue weighted by Crippen LogP contribution is 2.33. The van der Waals surface area contributed by atoms with Crippen LogP contribution in [0.25, 0.3) is 17.3 Å².